The van der Waals surface area contributed by atoms with Crippen LogP contribution in [-0.4, -0.2) is 63.7 Å². The lowest BCUT2D eigenvalue weighted by Crippen LogP contribution is -2.60. The molecule has 6 atom stereocenters. The maximum Gasteiger partial charge on any atom is 0.423 e. The molecule has 13 heteroatoms. The molecule has 2 saturated heterocycles. The molecule has 3 fully saturated rings. The molecule has 0 bridgehead atoms. The van der Waals surface area contributed by atoms with Crippen LogP contribution >= 0.6 is 23.2 Å². The van der Waals surface area contributed by atoms with E-state index < -0.39 is 69.0 Å². The number of hydrogen-bond donors (Lipinski definition) is 1. The number of imide groups is 4. The van der Waals surface area contributed by atoms with Gasteiger partial charge in [0.15, 0.2) is 21.2 Å². The second kappa shape index (κ2) is 9.53. The van der Waals surface area contributed by atoms with Gasteiger partial charge < -0.3 is 14.6 Å². The first-order chi connectivity index (χ1) is 19.9. The quantitative estimate of drug-likeness (QED) is 0.312. The number of hydrogen-bond acceptors (Lipinski definition) is 8. The van der Waals surface area contributed by atoms with Crippen LogP contribution in [0, 0.1) is 23.6 Å². The zero-order valence-electron chi connectivity index (χ0n) is 22.2. The molecule has 2 aliphatic carbocycles. The molecular formula is C29H23Cl2FN2O8. The van der Waals surface area contributed by atoms with Gasteiger partial charge in [-0.25, -0.2) is 14.1 Å². The highest BCUT2D eigenvalue weighted by Gasteiger charge is 2.76. The molecule has 2 heterocycles. The normalized spacial score (nSPS) is 31.9. The standard InChI is InChI=1S/C29H23Cl2FN2O8/c1-41-20-11-13(3-10-19(20)35)22-16-8-9-17-21(24(37)34(23(17)36)27(40)42-2)18(16)12-28(30)25(38)33(26(39)29(22,28)31)15-6-4-14(32)5-7-15/h3-8,10-11,17-18,21-22,35H,9,12H2,1-2H3/t17-,18+,21-,22-,28+,29-/m0/s1. The van der Waals surface area contributed by atoms with Crippen molar-refractivity contribution in [3.8, 4) is 11.5 Å². The van der Waals surface area contributed by atoms with Gasteiger partial charge in [-0.1, -0.05) is 17.7 Å². The van der Waals surface area contributed by atoms with Crippen LogP contribution in [0.2, 0.25) is 0 Å². The Bertz CT molecular complexity index is 1610. The van der Waals surface area contributed by atoms with Crippen LogP contribution in [-0.2, 0) is 23.9 Å². The fraction of sp³-hybridized carbons (Fsp3) is 0.345. The van der Waals surface area contributed by atoms with Crippen LogP contribution in [0.1, 0.15) is 24.3 Å². The number of alkyl halides is 2. The van der Waals surface area contributed by atoms with Gasteiger partial charge in [0.25, 0.3) is 11.8 Å². The van der Waals surface area contributed by atoms with Gasteiger partial charge in [0.1, 0.15) is 5.82 Å². The van der Waals surface area contributed by atoms with Crippen molar-refractivity contribution in [1.29, 1.82) is 0 Å². The number of amides is 5. The Kier molecular flexibility index (Phi) is 6.39. The highest BCUT2D eigenvalue weighted by molar-refractivity contribution is 6.58. The van der Waals surface area contributed by atoms with Crippen LogP contribution in [0.25, 0.3) is 0 Å². The summed E-state index contributed by atoms with van der Waals surface area (Å²) < 4.78 is 23.7. The number of phenols is 1. The van der Waals surface area contributed by atoms with E-state index in [0.29, 0.717) is 16.0 Å². The molecule has 1 saturated carbocycles. The van der Waals surface area contributed by atoms with Crippen molar-refractivity contribution in [2.45, 2.75) is 28.5 Å². The minimum atomic E-state index is -2.15. The number of likely N-dealkylation sites (tertiary alicyclic amines) is 1. The molecule has 0 spiro atoms. The van der Waals surface area contributed by atoms with Crippen molar-refractivity contribution < 1.29 is 42.9 Å². The summed E-state index contributed by atoms with van der Waals surface area (Å²) in [5.74, 6) is -8.04. The monoisotopic (exact) mass is 616 g/mol. The zero-order chi connectivity index (χ0) is 30.3. The Balaban J connectivity index is 1.56. The maximum absolute atomic E-state index is 14.3. The topological polar surface area (TPSA) is 131 Å². The van der Waals surface area contributed by atoms with E-state index in [1.165, 1.54) is 37.4 Å². The molecule has 2 aromatic rings. The lowest BCUT2D eigenvalue weighted by molar-refractivity contribution is -0.138. The number of halogens is 3. The molecule has 218 valence electrons. The summed E-state index contributed by atoms with van der Waals surface area (Å²) in [7, 11) is 2.38. The van der Waals surface area contributed by atoms with Crippen molar-refractivity contribution in [2.75, 3.05) is 19.1 Å². The summed E-state index contributed by atoms with van der Waals surface area (Å²) in [5, 5.41) is 10.3. The average Bonchev–Trinajstić information content (AvgIpc) is 3.31. The van der Waals surface area contributed by atoms with Crippen LogP contribution in [0.5, 0.6) is 11.5 Å². The number of ether oxygens (including phenoxy) is 2. The summed E-state index contributed by atoms with van der Waals surface area (Å²) in [6, 6.07) is 8.95. The van der Waals surface area contributed by atoms with Crippen LogP contribution < -0.4 is 9.64 Å². The molecule has 2 aliphatic heterocycles. The molecule has 6 rings (SSSR count). The van der Waals surface area contributed by atoms with Crippen LogP contribution in [0.4, 0.5) is 14.9 Å². The van der Waals surface area contributed by atoms with Gasteiger partial charge in [-0.3, -0.25) is 19.2 Å². The lowest BCUT2D eigenvalue weighted by Gasteiger charge is -2.50. The number of carbonyl (C=O) groups is 5. The van der Waals surface area contributed by atoms with E-state index in [4.69, 9.17) is 27.9 Å². The first kappa shape index (κ1) is 28.2. The van der Waals surface area contributed by atoms with E-state index in [1.807, 2.05) is 0 Å². The Morgan fingerprint density at radius 3 is 2.33 bits per heavy atom. The van der Waals surface area contributed by atoms with Gasteiger partial charge in [-0.05, 0) is 60.7 Å². The summed E-state index contributed by atoms with van der Waals surface area (Å²) in [4.78, 5) is 64.5. The number of methoxy groups -OCH3 is 2. The minimum Gasteiger partial charge on any atom is -0.504 e. The molecule has 4 aliphatic rings. The van der Waals surface area contributed by atoms with Crippen molar-refractivity contribution in [2.24, 2.45) is 17.8 Å². The van der Waals surface area contributed by atoms with Crippen LogP contribution in [0.15, 0.2) is 54.1 Å². The third kappa shape index (κ3) is 3.53. The first-order valence-electron chi connectivity index (χ1n) is 13.0. The smallest absolute Gasteiger partial charge is 0.423 e. The Labute approximate surface area is 248 Å². The number of nitrogens with zero attached hydrogens (tertiary/aromatic N) is 2. The second-order valence-electron chi connectivity index (χ2n) is 10.7. The van der Waals surface area contributed by atoms with Gasteiger partial charge in [0.05, 0.1) is 31.7 Å². The van der Waals surface area contributed by atoms with E-state index in [9.17, 15) is 33.5 Å². The number of carbonyl (C=O) groups excluding carboxylic acids is 5. The average molecular weight is 617 g/mol. The number of benzene rings is 2. The predicted octanol–water partition coefficient (Wildman–Crippen LogP) is 3.87. The van der Waals surface area contributed by atoms with Crippen molar-refractivity contribution in [1.82, 2.24) is 4.90 Å². The van der Waals surface area contributed by atoms with Gasteiger partial charge in [0.2, 0.25) is 11.8 Å². The zero-order valence-corrected chi connectivity index (χ0v) is 23.7. The van der Waals surface area contributed by atoms with E-state index in [1.54, 1.807) is 6.08 Å². The lowest BCUT2D eigenvalue weighted by atomic mass is 9.56. The van der Waals surface area contributed by atoms with Crippen molar-refractivity contribution >= 4 is 58.6 Å². The van der Waals surface area contributed by atoms with E-state index in [2.05, 4.69) is 4.74 Å². The Hall–Kier alpha value is -3.96. The largest absolute Gasteiger partial charge is 0.504 e. The van der Waals surface area contributed by atoms with E-state index in [0.717, 1.165) is 24.1 Å². The van der Waals surface area contributed by atoms with Gasteiger partial charge in [-0.15, -0.1) is 23.2 Å². The minimum absolute atomic E-state index is 0.0432. The molecule has 2 aromatic carbocycles. The third-order valence-electron chi connectivity index (χ3n) is 8.79. The molecular weight excluding hydrogens is 594 g/mol. The van der Waals surface area contributed by atoms with Gasteiger partial charge >= 0.3 is 6.09 Å². The Morgan fingerprint density at radius 1 is 1.00 bits per heavy atom. The number of anilines is 1. The number of phenolic OH excluding ortho intramolecular Hbond substituents is 1. The van der Waals surface area contributed by atoms with Crippen molar-refractivity contribution in [3.63, 3.8) is 0 Å². The third-order valence-corrected chi connectivity index (χ3v) is 10.2. The molecule has 1 N–H and O–H groups in total. The molecule has 42 heavy (non-hydrogen) atoms. The number of aromatic hydroxyl groups is 1. The predicted molar refractivity (Wildman–Crippen MR) is 146 cm³/mol. The first-order valence-corrected chi connectivity index (χ1v) is 13.7. The molecule has 0 aromatic heterocycles. The molecule has 10 nitrogen and oxygen atoms in total. The van der Waals surface area contributed by atoms with Crippen molar-refractivity contribution in [3.05, 3.63) is 65.5 Å². The number of allylic oxidation sites excluding steroid dienone is 2. The summed E-state index contributed by atoms with van der Waals surface area (Å²) >= 11 is 14.5. The maximum atomic E-state index is 14.3. The van der Waals surface area contributed by atoms with E-state index in [-0.39, 0.29) is 30.0 Å². The highest BCUT2D eigenvalue weighted by atomic mass is 35.5. The Morgan fingerprint density at radius 2 is 1.69 bits per heavy atom. The fourth-order valence-electron chi connectivity index (χ4n) is 6.92. The summed E-state index contributed by atoms with van der Waals surface area (Å²) in [5.41, 5.74) is 0.870. The molecule has 0 radical (unpaired) electrons. The molecule has 0 unspecified atom stereocenters. The molecule has 5 amide bonds. The van der Waals surface area contributed by atoms with E-state index >= 15 is 0 Å². The number of rotatable bonds is 3. The van der Waals surface area contributed by atoms with Gasteiger partial charge in [-0.2, -0.15) is 4.90 Å². The fourth-order valence-corrected chi connectivity index (χ4v) is 7.85. The second-order valence-corrected chi connectivity index (χ2v) is 11.9. The summed E-state index contributed by atoms with van der Waals surface area (Å²) in [6.45, 7) is 0. The highest BCUT2D eigenvalue weighted by Crippen LogP contribution is 2.66. The summed E-state index contributed by atoms with van der Waals surface area (Å²) in [6.07, 6.45) is 0.304. The van der Waals surface area contributed by atoms with Crippen LogP contribution in [0.3, 0.4) is 0 Å². The SMILES string of the molecule is COC(=O)N1C(=O)[C@H]2[C@H](CC=C3[C@H]2C[C@@]2(Cl)C(=O)N(c4ccc(F)cc4)C(=O)[C@@]2(Cl)[C@H]3c2ccc(O)c(OC)c2)C1=O. The number of fused-ring (bicyclic) bond motifs is 4. The van der Waals surface area contributed by atoms with Gasteiger partial charge in [0, 0.05) is 5.92 Å².